The highest BCUT2D eigenvalue weighted by molar-refractivity contribution is 6.28. The topological polar surface area (TPSA) is 55.7 Å². The van der Waals surface area contributed by atoms with Crippen molar-refractivity contribution in [1.29, 1.82) is 0 Å². The van der Waals surface area contributed by atoms with Gasteiger partial charge in [-0.1, -0.05) is 37.3 Å². The highest BCUT2D eigenvalue weighted by atomic mass is 16.7. The molecule has 0 unspecified atom stereocenters. The lowest BCUT2D eigenvalue weighted by molar-refractivity contribution is -0.140. The Hall–Kier alpha value is -1.19. The van der Waals surface area contributed by atoms with Gasteiger partial charge in [-0.3, -0.25) is 4.79 Å². The zero-order valence-electron chi connectivity index (χ0n) is 9.07. The van der Waals surface area contributed by atoms with Gasteiger partial charge in [0.2, 0.25) is 0 Å². The molecule has 4 heteroatoms. The van der Waals surface area contributed by atoms with Gasteiger partial charge in [-0.2, -0.15) is 0 Å². The van der Waals surface area contributed by atoms with Gasteiger partial charge in [-0.15, -0.1) is 0 Å². The summed E-state index contributed by atoms with van der Waals surface area (Å²) in [7, 11) is 0. The van der Waals surface area contributed by atoms with Crippen molar-refractivity contribution in [2.45, 2.75) is 45.4 Å². The van der Waals surface area contributed by atoms with Crippen molar-refractivity contribution in [3.63, 3.8) is 0 Å². The van der Waals surface area contributed by atoms with Crippen molar-refractivity contribution in [1.82, 2.24) is 0 Å². The first kappa shape index (κ1) is 11.9. The number of hydrogen-bond donors (Lipinski definition) is 0. The number of hydrogen-bond acceptors (Lipinski definition) is 4. The first-order chi connectivity index (χ1) is 7.22. The first-order valence-electron chi connectivity index (χ1n) is 5.42. The lowest BCUT2D eigenvalue weighted by Crippen LogP contribution is -2.13. The molecule has 0 bridgehead atoms. The molecule has 0 atom stereocenters. The van der Waals surface area contributed by atoms with Crippen molar-refractivity contribution in [2.24, 2.45) is 11.1 Å². The summed E-state index contributed by atoms with van der Waals surface area (Å²) in [5.41, 5.74) is 0.345. The Balaban J connectivity index is 2.40. The molecule has 1 aliphatic carbocycles. The van der Waals surface area contributed by atoms with E-state index in [-0.39, 0.29) is 0 Å². The fourth-order valence-electron chi connectivity index (χ4n) is 1.92. The minimum absolute atomic E-state index is 0.345. The average Bonchev–Trinajstić information content (AvgIpc) is 2.25. The van der Waals surface area contributed by atoms with Gasteiger partial charge in [0.15, 0.2) is 6.29 Å². The summed E-state index contributed by atoms with van der Waals surface area (Å²) < 4.78 is 0. The Morgan fingerprint density at radius 3 is 2.60 bits per heavy atom. The van der Waals surface area contributed by atoms with Crippen LogP contribution in [0.5, 0.6) is 0 Å². The smallest absolute Gasteiger partial charge is 0.318 e. The summed E-state index contributed by atoms with van der Waals surface area (Å²) in [5.74, 6) is 0.0382. The van der Waals surface area contributed by atoms with Crippen molar-refractivity contribution in [2.75, 3.05) is 0 Å². The van der Waals surface area contributed by atoms with E-state index in [0.717, 1.165) is 12.8 Å². The molecule has 0 heterocycles. The maximum absolute atomic E-state index is 10.7. The molecule has 0 aliphatic heterocycles. The number of carbonyl (C=O) groups excluding carboxylic acids is 2. The molecule has 0 radical (unpaired) electrons. The lowest BCUT2D eigenvalue weighted by atomic mass is 9.86. The van der Waals surface area contributed by atoms with Crippen LogP contribution in [0.4, 0.5) is 0 Å². The maximum atomic E-state index is 10.7. The van der Waals surface area contributed by atoms with E-state index < -0.39 is 5.97 Å². The Labute approximate surface area is 89.7 Å². The van der Waals surface area contributed by atoms with Crippen LogP contribution >= 0.6 is 0 Å². The molecule has 1 aliphatic rings. The van der Waals surface area contributed by atoms with Gasteiger partial charge >= 0.3 is 5.97 Å². The summed E-state index contributed by atoms with van der Waals surface area (Å²) in [6, 6.07) is 0. The zero-order chi connectivity index (χ0) is 11.1. The summed E-state index contributed by atoms with van der Waals surface area (Å²) in [6.45, 7) is 1.27. The van der Waals surface area contributed by atoms with Gasteiger partial charge in [-0.05, 0) is 12.3 Å². The van der Waals surface area contributed by atoms with Crippen LogP contribution in [0.1, 0.15) is 45.4 Å². The van der Waals surface area contributed by atoms with Crippen LogP contribution in [0, 0.1) is 5.92 Å². The third-order valence-corrected chi connectivity index (χ3v) is 2.65. The van der Waals surface area contributed by atoms with Crippen LogP contribution in [-0.4, -0.2) is 18.0 Å². The molecule has 0 saturated heterocycles. The van der Waals surface area contributed by atoms with Gasteiger partial charge in [0, 0.05) is 6.92 Å². The van der Waals surface area contributed by atoms with E-state index in [1.165, 1.54) is 26.2 Å². The Bertz CT molecular complexity index is 255. The molecule has 1 saturated carbocycles. The molecular formula is C11H17NO3. The van der Waals surface area contributed by atoms with Gasteiger partial charge in [-0.25, -0.2) is 4.79 Å². The third kappa shape index (κ3) is 4.72. The van der Waals surface area contributed by atoms with Gasteiger partial charge in [0.25, 0.3) is 0 Å². The molecule has 15 heavy (non-hydrogen) atoms. The minimum Gasteiger partial charge on any atom is -0.318 e. The quantitative estimate of drug-likeness (QED) is 0.309. The van der Waals surface area contributed by atoms with Crippen molar-refractivity contribution < 1.29 is 14.4 Å². The van der Waals surface area contributed by atoms with E-state index >= 15 is 0 Å². The fourth-order valence-corrected chi connectivity index (χ4v) is 1.92. The minimum atomic E-state index is -0.488. The molecule has 0 amide bonds. The fraction of sp³-hybridized carbons (Fsp3) is 0.727. The number of oxime groups is 1. The predicted octanol–water partition coefficient (Wildman–Crippen LogP) is 2.07. The summed E-state index contributed by atoms with van der Waals surface area (Å²) >= 11 is 0. The number of carbonyl (C=O) groups is 2. The van der Waals surface area contributed by atoms with E-state index in [4.69, 9.17) is 0 Å². The highest BCUT2D eigenvalue weighted by Gasteiger charge is 2.16. The van der Waals surface area contributed by atoms with E-state index in [1.807, 2.05) is 0 Å². The van der Waals surface area contributed by atoms with Gasteiger partial charge in [0.1, 0.15) is 5.71 Å². The van der Waals surface area contributed by atoms with E-state index in [0.29, 0.717) is 24.3 Å². The SMILES string of the molecule is CC(=O)ON=C(C=O)CC1CCCCC1. The van der Waals surface area contributed by atoms with Crippen molar-refractivity contribution in [3.8, 4) is 0 Å². The Morgan fingerprint density at radius 1 is 1.40 bits per heavy atom. The maximum Gasteiger partial charge on any atom is 0.331 e. The summed E-state index contributed by atoms with van der Waals surface area (Å²) in [5, 5.41) is 3.53. The number of rotatable bonds is 4. The monoisotopic (exact) mass is 211 g/mol. The Morgan fingerprint density at radius 2 is 2.07 bits per heavy atom. The molecule has 1 fully saturated rings. The van der Waals surface area contributed by atoms with Crippen molar-refractivity contribution in [3.05, 3.63) is 0 Å². The Kier molecular flexibility index (Phi) is 5.01. The van der Waals surface area contributed by atoms with E-state index in [9.17, 15) is 9.59 Å². The first-order valence-corrected chi connectivity index (χ1v) is 5.42. The van der Waals surface area contributed by atoms with Crippen LogP contribution in [0.3, 0.4) is 0 Å². The largest absolute Gasteiger partial charge is 0.331 e. The van der Waals surface area contributed by atoms with Gasteiger partial charge in [0.05, 0.1) is 0 Å². The van der Waals surface area contributed by atoms with Crippen LogP contribution in [0.25, 0.3) is 0 Å². The molecule has 0 aromatic carbocycles. The van der Waals surface area contributed by atoms with Crippen LogP contribution in [0.2, 0.25) is 0 Å². The molecule has 0 spiro atoms. The molecule has 1 rings (SSSR count). The second kappa shape index (κ2) is 6.32. The predicted molar refractivity (Wildman–Crippen MR) is 56.5 cm³/mol. The van der Waals surface area contributed by atoms with Crippen LogP contribution in [0.15, 0.2) is 5.16 Å². The zero-order valence-corrected chi connectivity index (χ0v) is 9.07. The highest BCUT2D eigenvalue weighted by Crippen LogP contribution is 2.26. The normalized spacial score (nSPS) is 18.6. The third-order valence-electron chi connectivity index (χ3n) is 2.65. The summed E-state index contributed by atoms with van der Waals surface area (Å²) in [6.07, 6.45) is 7.34. The average molecular weight is 211 g/mol. The molecule has 0 aromatic rings. The van der Waals surface area contributed by atoms with Crippen LogP contribution < -0.4 is 0 Å². The van der Waals surface area contributed by atoms with E-state index in [1.54, 1.807) is 0 Å². The summed E-state index contributed by atoms with van der Waals surface area (Å²) in [4.78, 5) is 25.6. The second-order valence-electron chi connectivity index (χ2n) is 3.99. The molecular weight excluding hydrogens is 194 g/mol. The molecule has 84 valence electrons. The van der Waals surface area contributed by atoms with Crippen LogP contribution in [-0.2, 0) is 14.4 Å². The van der Waals surface area contributed by atoms with Crippen molar-refractivity contribution >= 4 is 18.0 Å². The molecule has 0 aromatic heterocycles. The molecule has 0 N–H and O–H groups in total. The standard InChI is InChI=1S/C11H17NO3/c1-9(14)15-12-11(8-13)7-10-5-3-2-4-6-10/h8,10H,2-7H2,1H3. The second-order valence-corrected chi connectivity index (χ2v) is 3.99. The lowest BCUT2D eigenvalue weighted by Gasteiger charge is -2.20. The molecule has 4 nitrogen and oxygen atoms in total. The number of aldehydes is 1. The number of nitrogens with zero attached hydrogens (tertiary/aromatic N) is 1. The van der Waals surface area contributed by atoms with Gasteiger partial charge < -0.3 is 4.84 Å². The van der Waals surface area contributed by atoms with E-state index in [2.05, 4.69) is 9.99 Å².